The molecule has 31 heavy (non-hydrogen) atoms. The third-order valence-electron chi connectivity index (χ3n) is 6.21. The molecular formula is C24H23N5OS. The summed E-state index contributed by atoms with van der Waals surface area (Å²) in [6, 6.07) is 17.1. The summed E-state index contributed by atoms with van der Waals surface area (Å²) < 4.78 is 2.24. The van der Waals surface area contributed by atoms with E-state index in [9.17, 15) is 4.79 Å². The monoisotopic (exact) mass is 429 g/mol. The van der Waals surface area contributed by atoms with Crippen molar-refractivity contribution in [2.45, 2.75) is 37.0 Å². The van der Waals surface area contributed by atoms with Crippen molar-refractivity contribution in [3.63, 3.8) is 0 Å². The Morgan fingerprint density at radius 3 is 2.74 bits per heavy atom. The first-order chi connectivity index (χ1) is 15.3. The SMILES string of the molecule is O=C(CSc1nnc(-c2c[nH]c3ccccc23)n1C1CC1)N1CCc2ccccc2C1. The van der Waals surface area contributed by atoms with Gasteiger partial charge in [-0.3, -0.25) is 9.36 Å². The van der Waals surface area contributed by atoms with Gasteiger partial charge in [0.05, 0.1) is 5.75 Å². The third kappa shape index (κ3) is 3.43. The molecule has 6 nitrogen and oxygen atoms in total. The summed E-state index contributed by atoms with van der Waals surface area (Å²) in [6.07, 6.45) is 5.21. The Morgan fingerprint density at radius 2 is 1.87 bits per heavy atom. The molecule has 0 bridgehead atoms. The molecule has 0 radical (unpaired) electrons. The third-order valence-corrected chi connectivity index (χ3v) is 7.14. The second-order valence-corrected chi connectivity index (χ2v) is 9.22. The minimum Gasteiger partial charge on any atom is -0.360 e. The first-order valence-electron chi connectivity index (χ1n) is 10.8. The average Bonchev–Trinajstić information content (AvgIpc) is 3.42. The quantitative estimate of drug-likeness (QED) is 0.477. The molecule has 4 aromatic rings. The zero-order valence-corrected chi connectivity index (χ0v) is 17.9. The molecule has 2 aromatic carbocycles. The summed E-state index contributed by atoms with van der Waals surface area (Å²) in [7, 11) is 0. The molecular weight excluding hydrogens is 406 g/mol. The Hall–Kier alpha value is -3.06. The van der Waals surface area contributed by atoms with Crippen molar-refractivity contribution in [2.24, 2.45) is 0 Å². The molecule has 0 atom stereocenters. The minimum atomic E-state index is 0.165. The van der Waals surface area contributed by atoms with Crippen LogP contribution in [0.25, 0.3) is 22.3 Å². The van der Waals surface area contributed by atoms with Gasteiger partial charge in [0.2, 0.25) is 5.91 Å². The lowest BCUT2D eigenvalue weighted by molar-refractivity contribution is -0.129. The number of nitrogens with zero attached hydrogens (tertiary/aromatic N) is 4. The largest absolute Gasteiger partial charge is 0.360 e. The highest BCUT2D eigenvalue weighted by Gasteiger charge is 2.31. The molecule has 7 heteroatoms. The predicted octanol–water partition coefficient (Wildman–Crippen LogP) is 4.44. The fourth-order valence-electron chi connectivity index (χ4n) is 4.40. The molecule has 1 fully saturated rings. The predicted molar refractivity (Wildman–Crippen MR) is 122 cm³/mol. The second kappa shape index (κ2) is 7.57. The molecule has 1 saturated carbocycles. The maximum absolute atomic E-state index is 12.9. The normalized spacial score (nSPS) is 15.9. The van der Waals surface area contributed by atoms with E-state index in [-0.39, 0.29) is 5.91 Å². The summed E-state index contributed by atoms with van der Waals surface area (Å²) in [5.41, 5.74) is 4.78. The number of amides is 1. The van der Waals surface area contributed by atoms with Crippen LogP contribution in [0, 0.1) is 0 Å². The molecule has 156 valence electrons. The molecule has 6 rings (SSSR count). The minimum absolute atomic E-state index is 0.165. The average molecular weight is 430 g/mol. The van der Waals surface area contributed by atoms with Gasteiger partial charge in [-0.1, -0.05) is 54.2 Å². The van der Waals surface area contributed by atoms with Crippen molar-refractivity contribution < 1.29 is 4.79 Å². The number of thioether (sulfide) groups is 1. The van der Waals surface area contributed by atoms with Gasteiger partial charge in [-0.15, -0.1) is 10.2 Å². The van der Waals surface area contributed by atoms with E-state index in [0.29, 0.717) is 18.3 Å². The van der Waals surface area contributed by atoms with Crippen molar-refractivity contribution >= 4 is 28.6 Å². The molecule has 2 aromatic heterocycles. The van der Waals surface area contributed by atoms with Gasteiger partial charge in [0.25, 0.3) is 0 Å². The number of aromatic nitrogens is 4. The Balaban J connectivity index is 1.22. The van der Waals surface area contributed by atoms with Crippen LogP contribution in [0.5, 0.6) is 0 Å². The number of carbonyl (C=O) groups excluding carboxylic acids is 1. The van der Waals surface area contributed by atoms with Crippen LogP contribution in [0.15, 0.2) is 59.9 Å². The fraction of sp³-hybridized carbons (Fsp3) is 0.292. The van der Waals surface area contributed by atoms with E-state index in [2.05, 4.69) is 50.1 Å². The lowest BCUT2D eigenvalue weighted by atomic mass is 10.00. The van der Waals surface area contributed by atoms with Gasteiger partial charge in [-0.05, 0) is 36.5 Å². The summed E-state index contributed by atoms with van der Waals surface area (Å²) in [5, 5.41) is 11.0. The van der Waals surface area contributed by atoms with Crippen LogP contribution in [0.4, 0.5) is 0 Å². The van der Waals surface area contributed by atoms with Gasteiger partial charge in [0.15, 0.2) is 11.0 Å². The van der Waals surface area contributed by atoms with Crippen molar-refractivity contribution in [1.82, 2.24) is 24.6 Å². The highest BCUT2D eigenvalue weighted by atomic mass is 32.2. The van der Waals surface area contributed by atoms with Gasteiger partial charge in [0, 0.05) is 41.8 Å². The zero-order valence-electron chi connectivity index (χ0n) is 17.1. The molecule has 1 amide bonds. The highest BCUT2D eigenvalue weighted by Crippen LogP contribution is 2.42. The second-order valence-electron chi connectivity index (χ2n) is 8.28. The molecule has 2 aliphatic rings. The van der Waals surface area contributed by atoms with Crippen LogP contribution < -0.4 is 0 Å². The van der Waals surface area contributed by atoms with E-state index in [1.165, 1.54) is 22.9 Å². The van der Waals surface area contributed by atoms with E-state index in [4.69, 9.17) is 0 Å². The van der Waals surface area contributed by atoms with Crippen LogP contribution >= 0.6 is 11.8 Å². The maximum Gasteiger partial charge on any atom is 0.233 e. The van der Waals surface area contributed by atoms with Gasteiger partial charge >= 0.3 is 0 Å². The molecule has 0 unspecified atom stereocenters. The molecule has 0 spiro atoms. The van der Waals surface area contributed by atoms with E-state index in [1.54, 1.807) is 0 Å². The number of H-pyrrole nitrogens is 1. The van der Waals surface area contributed by atoms with Crippen molar-refractivity contribution in [2.75, 3.05) is 12.3 Å². The molecule has 3 heterocycles. The van der Waals surface area contributed by atoms with E-state index >= 15 is 0 Å². The van der Waals surface area contributed by atoms with Crippen LogP contribution in [-0.2, 0) is 17.8 Å². The van der Waals surface area contributed by atoms with Gasteiger partial charge < -0.3 is 9.88 Å². The number of hydrogen-bond donors (Lipinski definition) is 1. The smallest absolute Gasteiger partial charge is 0.233 e. The van der Waals surface area contributed by atoms with Crippen molar-refractivity contribution in [3.05, 3.63) is 65.9 Å². The van der Waals surface area contributed by atoms with Crippen LogP contribution in [-0.4, -0.2) is 42.9 Å². The van der Waals surface area contributed by atoms with E-state index in [1.807, 2.05) is 29.3 Å². The molecule has 1 aliphatic heterocycles. The molecule has 1 aliphatic carbocycles. The van der Waals surface area contributed by atoms with Gasteiger partial charge in [0.1, 0.15) is 0 Å². The molecule has 0 saturated heterocycles. The Kier molecular flexibility index (Phi) is 4.56. The number of rotatable bonds is 5. The van der Waals surface area contributed by atoms with E-state index in [0.717, 1.165) is 53.3 Å². The number of carbonyl (C=O) groups is 1. The first kappa shape index (κ1) is 18.7. The number of fused-ring (bicyclic) bond motifs is 2. The fourth-order valence-corrected chi connectivity index (χ4v) is 5.31. The zero-order chi connectivity index (χ0) is 20.8. The Bertz CT molecular complexity index is 1270. The lowest BCUT2D eigenvalue weighted by Gasteiger charge is -2.28. The van der Waals surface area contributed by atoms with Crippen LogP contribution in [0.2, 0.25) is 0 Å². The van der Waals surface area contributed by atoms with Gasteiger partial charge in [-0.2, -0.15) is 0 Å². The highest BCUT2D eigenvalue weighted by molar-refractivity contribution is 7.99. The number of hydrogen-bond acceptors (Lipinski definition) is 4. The van der Waals surface area contributed by atoms with Crippen molar-refractivity contribution in [1.29, 1.82) is 0 Å². The standard InChI is InChI=1S/C24H23N5OS/c30-22(28-12-11-16-5-1-2-6-17(16)14-28)15-31-24-27-26-23(29(24)18-9-10-18)20-13-25-21-8-4-3-7-19(20)21/h1-8,13,18,25H,9-12,14-15H2. The summed E-state index contributed by atoms with van der Waals surface area (Å²) in [6.45, 7) is 1.48. The first-order valence-corrected chi connectivity index (χ1v) is 11.8. The Morgan fingerprint density at radius 1 is 1.06 bits per heavy atom. The summed E-state index contributed by atoms with van der Waals surface area (Å²) in [5.74, 6) is 1.45. The molecule has 1 N–H and O–H groups in total. The number of nitrogens with one attached hydrogen (secondary N) is 1. The number of para-hydroxylation sites is 1. The Labute approximate surface area is 184 Å². The van der Waals surface area contributed by atoms with E-state index < -0.39 is 0 Å². The summed E-state index contributed by atoms with van der Waals surface area (Å²) in [4.78, 5) is 18.2. The number of aromatic amines is 1. The van der Waals surface area contributed by atoms with Crippen molar-refractivity contribution in [3.8, 4) is 11.4 Å². The van der Waals surface area contributed by atoms with Crippen LogP contribution in [0.1, 0.15) is 30.0 Å². The summed E-state index contributed by atoms with van der Waals surface area (Å²) >= 11 is 1.51. The topological polar surface area (TPSA) is 66.8 Å². The van der Waals surface area contributed by atoms with Crippen LogP contribution in [0.3, 0.4) is 0 Å². The number of benzene rings is 2. The maximum atomic E-state index is 12.9. The lowest BCUT2D eigenvalue weighted by Crippen LogP contribution is -2.37. The van der Waals surface area contributed by atoms with Gasteiger partial charge in [-0.25, -0.2) is 0 Å².